The molecule has 14 atom stereocenters. The van der Waals surface area contributed by atoms with Crippen molar-refractivity contribution < 1.29 is 38.5 Å². The van der Waals surface area contributed by atoms with Gasteiger partial charge in [0, 0.05) is 34.3 Å². The van der Waals surface area contributed by atoms with E-state index in [1.54, 1.807) is 13.0 Å². The van der Waals surface area contributed by atoms with E-state index in [1.807, 2.05) is 19.1 Å². The third-order valence-electron chi connectivity index (χ3n) is 23.3. The SMILES string of the molecule is COC(=O)C1(C)CCC2(C)CCC3(C)C4=CC(=O)c5c(cc(OC67OC6(C)C6=CC=C8C(C)(CCC9(C)C%10CC(C)C(=O)CC%10(C)CCC89C)C6=CC7=O)c(O)c5C)C4(C)CCC3(C)C2C1. The topological polar surface area (TPSA) is 120 Å². The van der Waals surface area contributed by atoms with Gasteiger partial charge in [-0.05, 0) is 183 Å². The Balaban J connectivity index is 0.940. The molecule has 1 aliphatic heterocycles. The van der Waals surface area contributed by atoms with E-state index in [2.05, 4.69) is 81.4 Å². The van der Waals surface area contributed by atoms with E-state index in [4.69, 9.17) is 14.2 Å². The van der Waals surface area contributed by atoms with Gasteiger partial charge in [-0.15, -0.1) is 0 Å². The van der Waals surface area contributed by atoms with Gasteiger partial charge in [0.2, 0.25) is 5.78 Å². The molecule has 1 aromatic rings. The summed E-state index contributed by atoms with van der Waals surface area (Å²) in [5.41, 5.74) is 3.24. The average molecular weight is 899 g/mol. The third kappa shape index (κ3) is 4.97. The van der Waals surface area contributed by atoms with Crippen LogP contribution in [-0.2, 0) is 29.3 Å². The highest BCUT2D eigenvalue weighted by molar-refractivity contribution is 6.10. The molecule has 354 valence electrons. The summed E-state index contributed by atoms with van der Waals surface area (Å²) in [5, 5.41) is 12.0. The summed E-state index contributed by atoms with van der Waals surface area (Å²) in [6.45, 7) is 27.1. The summed E-state index contributed by atoms with van der Waals surface area (Å²) in [6.07, 6.45) is 20.0. The van der Waals surface area contributed by atoms with Gasteiger partial charge in [0.05, 0.1) is 12.5 Å². The second-order valence-electron chi connectivity index (χ2n) is 26.2. The van der Waals surface area contributed by atoms with Crippen LogP contribution in [0.15, 0.2) is 52.7 Å². The van der Waals surface area contributed by atoms with Crippen LogP contribution in [0.2, 0.25) is 0 Å². The number of phenolic OH excluding ortho intramolecular Hbond substituents is 1. The van der Waals surface area contributed by atoms with Crippen LogP contribution in [0.25, 0.3) is 0 Å². The van der Waals surface area contributed by atoms with Crippen molar-refractivity contribution in [1.29, 1.82) is 0 Å². The quantitative estimate of drug-likeness (QED) is 0.235. The molecule has 6 saturated carbocycles. The molecule has 66 heavy (non-hydrogen) atoms. The number of Topliss-reactive ketones (excluding diaryl/α,β-unsaturated/α-hetero) is 1. The number of carbonyl (C=O) groups is 4. The number of allylic oxidation sites excluding steroid dienone is 5. The number of methoxy groups -OCH3 is 1. The summed E-state index contributed by atoms with van der Waals surface area (Å²) >= 11 is 0. The standard InChI is InChI=1S/C58H74O8/c1-32-26-41-49(4,30-38(32)60)19-23-53(8)40-15-14-34-35(51(40,6)20-24-54(41,53)9)28-44(61)58(57(34,12)66-58)65-39-27-36-45(33(2)46(39)62)37(59)29-42-52(36,7)21-25-56(11)43-31-50(5,47(63)64-13)17-16-48(43,3)18-22-55(42,56)10/h14-15,27-29,32,41,43,62H,16-26,30-31H2,1-13H3. The van der Waals surface area contributed by atoms with E-state index in [0.29, 0.717) is 29.2 Å². The number of epoxide rings is 1. The van der Waals surface area contributed by atoms with Gasteiger partial charge in [0.1, 0.15) is 5.78 Å². The number of hydrogen-bond acceptors (Lipinski definition) is 8. The van der Waals surface area contributed by atoms with Crippen LogP contribution >= 0.6 is 0 Å². The third-order valence-corrected chi connectivity index (χ3v) is 23.3. The van der Waals surface area contributed by atoms with Gasteiger partial charge < -0.3 is 19.3 Å². The molecule has 0 amide bonds. The number of benzene rings is 1. The Bertz CT molecular complexity index is 2630. The lowest BCUT2D eigenvalue weighted by atomic mass is 9.34. The minimum absolute atomic E-state index is 0.00933. The molecule has 14 unspecified atom stereocenters. The van der Waals surface area contributed by atoms with Gasteiger partial charge in [0.25, 0.3) is 0 Å². The van der Waals surface area contributed by atoms with Crippen molar-refractivity contribution in [1.82, 2.24) is 0 Å². The minimum atomic E-state index is -1.66. The first-order chi connectivity index (χ1) is 30.6. The molecule has 1 N–H and O–H groups in total. The maximum Gasteiger partial charge on any atom is 0.311 e. The molecule has 0 spiro atoms. The zero-order valence-electron chi connectivity index (χ0n) is 42.1. The Labute approximate surface area is 392 Å². The van der Waals surface area contributed by atoms with Gasteiger partial charge in [-0.1, -0.05) is 80.0 Å². The molecule has 1 aromatic carbocycles. The second-order valence-corrected chi connectivity index (χ2v) is 26.2. The van der Waals surface area contributed by atoms with Gasteiger partial charge in [0.15, 0.2) is 22.9 Å². The normalized spacial score (nSPS) is 49.5. The highest BCUT2D eigenvalue weighted by atomic mass is 16.8. The van der Waals surface area contributed by atoms with Crippen LogP contribution < -0.4 is 4.74 Å². The first-order valence-corrected chi connectivity index (χ1v) is 25.5. The highest BCUT2D eigenvalue weighted by Gasteiger charge is 2.80. The van der Waals surface area contributed by atoms with Gasteiger partial charge >= 0.3 is 11.8 Å². The summed E-state index contributed by atoms with van der Waals surface area (Å²) in [4.78, 5) is 55.8. The number of fused-ring (bicyclic) bond motifs is 16. The van der Waals surface area contributed by atoms with Gasteiger partial charge in [-0.3, -0.25) is 19.2 Å². The molecule has 0 aromatic heterocycles. The van der Waals surface area contributed by atoms with Crippen LogP contribution in [0.4, 0.5) is 0 Å². The summed E-state index contributed by atoms with van der Waals surface area (Å²) in [5.74, 6) is -0.941. The van der Waals surface area contributed by atoms with Gasteiger partial charge in [-0.2, -0.15) is 0 Å². The maximum absolute atomic E-state index is 14.9. The molecule has 11 rings (SSSR count). The molecule has 8 nitrogen and oxygen atoms in total. The van der Waals surface area contributed by atoms with E-state index >= 15 is 0 Å². The van der Waals surface area contributed by atoms with Crippen LogP contribution in [0.3, 0.4) is 0 Å². The second kappa shape index (κ2) is 12.9. The van der Waals surface area contributed by atoms with E-state index in [1.165, 1.54) is 12.7 Å². The average Bonchev–Trinajstić information content (AvgIpc) is 3.90. The number of esters is 1. The van der Waals surface area contributed by atoms with Gasteiger partial charge in [-0.25, -0.2) is 0 Å². The van der Waals surface area contributed by atoms with Crippen LogP contribution in [0.5, 0.6) is 11.5 Å². The molecular formula is C58H74O8. The lowest BCUT2D eigenvalue weighted by Gasteiger charge is -2.69. The first kappa shape index (κ1) is 44.7. The van der Waals surface area contributed by atoms with Crippen molar-refractivity contribution in [3.63, 3.8) is 0 Å². The first-order valence-electron chi connectivity index (χ1n) is 25.5. The van der Waals surface area contributed by atoms with Crippen molar-refractivity contribution in [3.05, 3.63) is 69.4 Å². The minimum Gasteiger partial charge on any atom is -0.504 e. The largest absolute Gasteiger partial charge is 0.504 e. The van der Waals surface area contributed by atoms with Crippen molar-refractivity contribution in [2.45, 2.75) is 183 Å². The number of phenols is 1. The van der Waals surface area contributed by atoms with Crippen molar-refractivity contribution >= 4 is 23.3 Å². The predicted octanol–water partition coefficient (Wildman–Crippen LogP) is 12.1. The van der Waals surface area contributed by atoms with Crippen molar-refractivity contribution in [3.8, 4) is 11.5 Å². The van der Waals surface area contributed by atoms with Crippen LogP contribution in [0, 0.1) is 68.0 Å². The number of ketones is 3. The van der Waals surface area contributed by atoms with Crippen LogP contribution in [-0.4, -0.2) is 46.9 Å². The fraction of sp³-hybridized carbons (Fsp3) is 0.690. The molecule has 0 bridgehead atoms. The zero-order valence-corrected chi connectivity index (χ0v) is 42.1. The van der Waals surface area contributed by atoms with E-state index in [-0.39, 0.29) is 78.8 Å². The fourth-order valence-corrected chi connectivity index (χ4v) is 18.3. The monoisotopic (exact) mass is 899 g/mol. The summed E-state index contributed by atoms with van der Waals surface area (Å²) < 4.78 is 18.9. The highest BCUT2D eigenvalue weighted by Crippen LogP contribution is 2.78. The summed E-state index contributed by atoms with van der Waals surface area (Å²) in [7, 11) is 1.50. The number of ether oxygens (including phenoxy) is 3. The number of carbonyl (C=O) groups excluding carboxylic acids is 4. The zero-order chi connectivity index (χ0) is 47.6. The Kier molecular flexibility index (Phi) is 8.73. The molecule has 7 fully saturated rings. The van der Waals surface area contributed by atoms with Crippen LogP contribution in [0.1, 0.15) is 181 Å². The molecule has 10 aliphatic rings. The lowest BCUT2D eigenvalue weighted by Crippen LogP contribution is -2.62. The number of aromatic hydroxyl groups is 1. The Morgan fingerprint density at radius 3 is 2.03 bits per heavy atom. The molecule has 1 saturated heterocycles. The Hall–Kier alpha value is -3.78. The van der Waals surface area contributed by atoms with Crippen molar-refractivity contribution in [2.24, 2.45) is 61.1 Å². The molecule has 8 heteroatoms. The molecular weight excluding hydrogens is 825 g/mol. The Morgan fingerprint density at radius 2 is 1.35 bits per heavy atom. The number of rotatable bonds is 3. The van der Waals surface area contributed by atoms with E-state index in [0.717, 1.165) is 99.3 Å². The molecule has 1 heterocycles. The molecule has 9 aliphatic carbocycles. The van der Waals surface area contributed by atoms with E-state index < -0.39 is 22.2 Å². The smallest absolute Gasteiger partial charge is 0.311 e. The lowest BCUT2D eigenvalue weighted by molar-refractivity contribution is -0.179. The molecule has 0 radical (unpaired) electrons. The Morgan fingerprint density at radius 1 is 0.727 bits per heavy atom. The summed E-state index contributed by atoms with van der Waals surface area (Å²) in [6, 6.07) is 1.85. The predicted molar refractivity (Wildman–Crippen MR) is 253 cm³/mol. The van der Waals surface area contributed by atoms with E-state index in [9.17, 15) is 24.3 Å². The van der Waals surface area contributed by atoms with Crippen molar-refractivity contribution in [2.75, 3.05) is 7.11 Å². The number of hydrogen-bond donors (Lipinski definition) is 1. The maximum atomic E-state index is 14.9. The fourth-order valence-electron chi connectivity index (χ4n) is 18.3.